The maximum absolute atomic E-state index is 5.61. The summed E-state index contributed by atoms with van der Waals surface area (Å²) in [4.78, 5) is 4.43. The standard InChI is InChI=1S/C13H16N4O/c1-17-13(15-12(8-14)16-17)10-4-5-11-9(7-10)3-2-6-18-11/h4-5,7H,2-3,6,8,14H2,1H3. The highest BCUT2D eigenvalue weighted by Crippen LogP contribution is 2.29. The van der Waals surface area contributed by atoms with E-state index in [2.05, 4.69) is 16.1 Å². The number of fused-ring (bicyclic) bond motifs is 1. The van der Waals surface area contributed by atoms with Gasteiger partial charge in [0.1, 0.15) is 5.75 Å². The number of hydrogen-bond donors (Lipinski definition) is 1. The maximum Gasteiger partial charge on any atom is 0.164 e. The average Bonchev–Trinajstić information content (AvgIpc) is 2.79. The van der Waals surface area contributed by atoms with Gasteiger partial charge in [-0.15, -0.1) is 0 Å². The first-order valence-electron chi connectivity index (χ1n) is 6.14. The van der Waals surface area contributed by atoms with Crippen molar-refractivity contribution in [3.8, 4) is 17.1 Å². The molecule has 18 heavy (non-hydrogen) atoms. The van der Waals surface area contributed by atoms with Crippen LogP contribution in [0.3, 0.4) is 0 Å². The minimum absolute atomic E-state index is 0.363. The Bertz CT molecular complexity index is 576. The van der Waals surface area contributed by atoms with Gasteiger partial charge in [0.05, 0.1) is 13.2 Å². The summed E-state index contributed by atoms with van der Waals surface area (Å²) in [5.74, 6) is 2.51. The van der Waals surface area contributed by atoms with Crippen molar-refractivity contribution in [1.29, 1.82) is 0 Å². The number of hydrogen-bond acceptors (Lipinski definition) is 4. The van der Waals surface area contributed by atoms with Crippen LogP contribution in [0.1, 0.15) is 17.8 Å². The molecule has 94 valence electrons. The topological polar surface area (TPSA) is 66.0 Å². The molecule has 5 nitrogen and oxygen atoms in total. The average molecular weight is 244 g/mol. The van der Waals surface area contributed by atoms with Gasteiger partial charge in [-0.3, -0.25) is 0 Å². The molecule has 1 aromatic heterocycles. The Labute approximate surface area is 106 Å². The summed E-state index contributed by atoms with van der Waals surface area (Å²) in [6, 6.07) is 6.17. The van der Waals surface area contributed by atoms with Gasteiger partial charge in [-0.1, -0.05) is 0 Å². The Morgan fingerprint density at radius 3 is 3.11 bits per heavy atom. The largest absolute Gasteiger partial charge is 0.493 e. The van der Waals surface area contributed by atoms with Crippen LogP contribution in [0.2, 0.25) is 0 Å². The summed E-state index contributed by atoms with van der Waals surface area (Å²) in [6.07, 6.45) is 2.13. The van der Waals surface area contributed by atoms with Crippen LogP contribution >= 0.6 is 0 Å². The van der Waals surface area contributed by atoms with E-state index in [0.717, 1.165) is 36.6 Å². The van der Waals surface area contributed by atoms with Gasteiger partial charge in [0, 0.05) is 12.6 Å². The van der Waals surface area contributed by atoms with Crippen LogP contribution in [-0.4, -0.2) is 21.4 Å². The van der Waals surface area contributed by atoms with E-state index in [4.69, 9.17) is 10.5 Å². The van der Waals surface area contributed by atoms with Crippen molar-refractivity contribution < 1.29 is 4.74 Å². The lowest BCUT2D eigenvalue weighted by molar-refractivity contribution is 0.288. The summed E-state index contributed by atoms with van der Waals surface area (Å²) >= 11 is 0. The third-order valence-corrected chi connectivity index (χ3v) is 3.16. The van der Waals surface area contributed by atoms with E-state index in [9.17, 15) is 0 Å². The lowest BCUT2D eigenvalue weighted by Crippen LogP contribution is -2.08. The number of rotatable bonds is 2. The van der Waals surface area contributed by atoms with Crippen LogP contribution in [0.25, 0.3) is 11.4 Å². The maximum atomic E-state index is 5.61. The Hall–Kier alpha value is -1.88. The summed E-state index contributed by atoms with van der Waals surface area (Å²) < 4.78 is 7.38. The van der Waals surface area contributed by atoms with Crippen LogP contribution in [0.4, 0.5) is 0 Å². The van der Waals surface area contributed by atoms with Crippen molar-refractivity contribution in [2.45, 2.75) is 19.4 Å². The molecule has 0 amide bonds. The lowest BCUT2D eigenvalue weighted by atomic mass is 10.0. The number of nitrogens with zero attached hydrogens (tertiary/aromatic N) is 3. The van der Waals surface area contributed by atoms with Crippen LogP contribution in [0, 0.1) is 0 Å². The minimum Gasteiger partial charge on any atom is -0.493 e. The Kier molecular flexibility index (Phi) is 2.76. The molecular weight excluding hydrogens is 228 g/mol. The third kappa shape index (κ3) is 1.86. The quantitative estimate of drug-likeness (QED) is 0.863. The molecule has 2 aromatic rings. The van der Waals surface area contributed by atoms with E-state index in [0.29, 0.717) is 12.4 Å². The third-order valence-electron chi connectivity index (χ3n) is 3.16. The number of aryl methyl sites for hydroxylation is 2. The summed E-state index contributed by atoms with van der Waals surface area (Å²) in [6.45, 7) is 1.18. The molecule has 2 heterocycles. The summed E-state index contributed by atoms with van der Waals surface area (Å²) in [5.41, 5.74) is 7.87. The molecule has 0 saturated heterocycles. The van der Waals surface area contributed by atoms with Gasteiger partial charge < -0.3 is 10.5 Å². The number of aromatic nitrogens is 3. The molecular formula is C13H16N4O. The van der Waals surface area contributed by atoms with E-state index < -0.39 is 0 Å². The van der Waals surface area contributed by atoms with E-state index in [1.165, 1.54) is 5.56 Å². The summed E-state index contributed by atoms with van der Waals surface area (Å²) in [5, 5.41) is 4.27. The van der Waals surface area contributed by atoms with Gasteiger partial charge in [0.25, 0.3) is 0 Å². The monoisotopic (exact) mass is 244 g/mol. The molecule has 0 fully saturated rings. The normalized spacial score (nSPS) is 14.1. The van der Waals surface area contributed by atoms with Gasteiger partial charge in [-0.05, 0) is 36.6 Å². The second-order valence-corrected chi connectivity index (χ2v) is 4.45. The molecule has 3 rings (SSSR count). The first-order valence-corrected chi connectivity index (χ1v) is 6.14. The number of nitrogens with two attached hydrogens (primary N) is 1. The molecule has 0 atom stereocenters. The second kappa shape index (κ2) is 4.42. The second-order valence-electron chi connectivity index (χ2n) is 4.45. The first-order chi connectivity index (χ1) is 8.78. The summed E-state index contributed by atoms with van der Waals surface area (Å²) in [7, 11) is 1.89. The molecule has 1 aliphatic heterocycles. The predicted molar refractivity (Wildman–Crippen MR) is 68.1 cm³/mol. The van der Waals surface area contributed by atoms with Crippen molar-refractivity contribution in [3.63, 3.8) is 0 Å². The van der Waals surface area contributed by atoms with Crippen molar-refractivity contribution >= 4 is 0 Å². The van der Waals surface area contributed by atoms with Gasteiger partial charge in [-0.25, -0.2) is 9.67 Å². The van der Waals surface area contributed by atoms with Gasteiger partial charge in [0.2, 0.25) is 0 Å². The molecule has 0 unspecified atom stereocenters. The molecule has 0 saturated carbocycles. The van der Waals surface area contributed by atoms with Crippen molar-refractivity contribution in [2.24, 2.45) is 12.8 Å². The van der Waals surface area contributed by atoms with Crippen molar-refractivity contribution in [2.75, 3.05) is 6.61 Å². The smallest absolute Gasteiger partial charge is 0.164 e. The van der Waals surface area contributed by atoms with E-state index in [-0.39, 0.29) is 0 Å². The zero-order valence-electron chi connectivity index (χ0n) is 10.4. The van der Waals surface area contributed by atoms with Crippen molar-refractivity contribution in [3.05, 3.63) is 29.6 Å². The van der Waals surface area contributed by atoms with E-state index >= 15 is 0 Å². The Morgan fingerprint density at radius 1 is 1.44 bits per heavy atom. The molecule has 0 spiro atoms. The van der Waals surface area contributed by atoms with Crippen LogP contribution in [-0.2, 0) is 20.0 Å². The fourth-order valence-corrected chi connectivity index (χ4v) is 2.27. The molecule has 0 bridgehead atoms. The SMILES string of the molecule is Cn1nc(CN)nc1-c1ccc2c(c1)CCCO2. The van der Waals surface area contributed by atoms with E-state index in [1.54, 1.807) is 4.68 Å². The fraction of sp³-hybridized carbons (Fsp3) is 0.385. The van der Waals surface area contributed by atoms with Crippen LogP contribution in [0.15, 0.2) is 18.2 Å². The highest BCUT2D eigenvalue weighted by molar-refractivity contribution is 5.59. The molecule has 1 aromatic carbocycles. The van der Waals surface area contributed by atoms with Crippen LogP contribution in [0.5, 0.6) is 5.75 Å². The highest BCUT2D eigenvalue weighted by Gasteiger charge is 2.14. The molecule has 0 radical (unpaired) electrons. The molecule has 2 N–H and O–H groups in total. The highest BCUT2D eigenvalue weighted by atomic mass is 16.5. The van der Waals surface area contributed by atoms with Gasteiger partial charge in [-0.2, -0.15) is 5.10 Å². The molecule has 5 heteroatoms. The molecule has 0 aliphatic carbocycles. The predicted octanol–water partition coefficient (Wildman–Crippen LogP) is 1.27. The minimum atomic E-state index is 0.363. The Balaban J connectivity index is 2.03. The Morgan fingerprint density at radius 2 is 2.33 bits per heavy atom. The number of benzene rings is 1. The zero-order chi connectivity index (χ0) is 12.5. The number of ether oxygens (including phenoxy) is 1. The lowest BCUT2D eigenvalue weighted by Gasteiger charge is -2.17. The van der Waals surface area contributed by atoms with Crippen LogP contribution < -0.4 is 10.5 Å². The first kappa shape index (κ1) is 11.2. The molecule has 1 aliphatic rings. The van der Waals surface area contributed by atoms with E-state index in [1.807, 2.05) is 19.2 Å². The fourth-order valence-electron chi connectivity index (χ4n) is 2.27. The van der Waals surface area contributed by atoms with Gasteiger partial charge >= 0.3 is 0 Å². The van der Waals surface area contributed by atoms with Crippen molar-refractivity contribution in [1.82, 2.24) is 14.8 Å². The van der Waals surface area contributed by atoms with Gasteiger partial charge in [0.15, 0.2) is 11.6 Å². The zero-order valence-corrected chi connectivity index (χ0v) is 10.4.